The van der Waals surface area contributed by atoms with Gasteiger partial charge in [0.2, 0.25) is 0 Å². The molecule has 0 radical (unpaired) electrons. The zero-order valence-corrected chi connectivity index (χ0v) is 10.7. The van der Waals surface area contributed by atoms with E-state index in [0.717, 1.165) is 11.6 Å². The van der Waals surface area contributed by atoms with Gasteiger partial charge in [-0.05, 0) is 50.1 Å². The van der Waals surface area contributed by atoms with E-state index in [1.807, 2.05) is 26.8 Å². The van der Waals surface area contributed by atoms with Crippen LogP contribution in [0.1, 0.15) is 35.3 Å². The Morgan fingerprint density at radius 3 is 2.50 bits per heavy atom. The largest absolute Gasteiger partial charge is 0.478 e. The molecule has 0 atom stereocenters. The Morgan fingerprint density at radius 2 is 1.94 bits per heavy atom. The Bertz CT molecular complexity index is 490. The van der Waals surface area contributed by atoms with Crippen LogP contribution < -0.4 is 5.32 Å². The normalized spacial score (nSPS) is 10.9. The second-order valence-corrected chi connectivity index (χ2v) is 4.43. The minimum Gasteiger partial charge on any atom is -0.478 e. The molecule has 4 heteroatoms. The van der Waals surface area contributed by atoms with Gasteiger partial charge in [-0.25, -0.2) is 4.79 Å². The zero-order chi connectivity index (χ0) is 13.7. The lowest BCUT2D eigenvalue weighted by Crippen LogP contribution is -2.30. The average molecular weight is 247 g/mol. The fourth-order valence-corrected chi connectivity index (χ4v) is 1.55. The average Bonchev–Trinajstić information content (AvgIpc) is 2.24. The summed E-state index contributed by atoms with van der Waals surface area (Å²) in [6.45, 7) is 5.64. The third-order valence-electron chi connectivity index (χ3n) is 2.20. The van der Waals surface area contributed by atoms with Gasteiger partial charge in [-0.2, -0.15) is 0 Å². The molecule has 0 bridgehead atoms. The topological polar surface area (TPSA) is 66.4 Å². The molecule has 96 valence electrons. The van der Waals surface area contributed by atoms with E-state index in [2.05, 4.69) is 5.32 Å². The van der Waals surface area contributed by atoms with Gasteiger partial charge in [0.1, 0.15) is 0 Å². The Kier molecular flexibility index (Phi) is 4.66. The summed E-state index contributed by atoms with van der Waals surface area (Å²) in [5, 5.41) is 11.4. The number of amides is 1. The van der Waals surface area contributed by atoms with Crippen LogP contribution in [-0.2, 0) is 4.79 Å². The minimum absolute atomic E-state index is 0.0658. The Morgan fingerprint density at radius 1 is 1.28 bits per heavy atom. The monoisotopic (exact) mass is 247 g/mol. The van der Waals surface area contributed by atoms with Crippen LogP contribution in [0.2, 0.25) is 0 Å². The Balaban J connectivity index is 3.00. The second kappa shape index (κ2) is 6.00. The van der Waals surface area contributed by atoms with Gasteiger partial charge in [0, 0.05) is 17.7 Å². The molecule has 2 N–H and O–H groups in total. The van der Waals surface area contributed by atoms with Gasteiger partial charge in [0.25, 0.3) is 5.91 Å². The second-order valence-electron chi connectivity index (χ2n) is 4.43. The highest BCUT2D eigenvalue weighted by molar-refractivity contribution is 5.95. The number of carboxylic acids is 1. The molecule has 1 aromatic rings. The quantitative estimate of drug-likeness (QED) is 0.802. The van der Waals surface area contributed by atoms with Crippen molar-refractivity contribution in [1.82, 2.24) is 5.32 Å². The van der Waals surface area contributed by atoms with Crippen LogP contribution >= 0.6 is 0 Å². The number of hydrogen-bond donors (Lipinski definition) is 2. The third kappa shape index (κ3) is 4.41. The first-order chi connectivity index (χ1) is 8.38. The molecule has 0 aliphatic rings. The molecule has 0 unspecified atom stereocenters. The molecule has 0 saturated heterocycles. The SMILES string of the molecule is Cc1cc(/C=C/C(=O)O)cc(C(=O)NC(C)C)c1. The lowest BCUT2D eigenvalue weighted by molar-refractivity contribution is -0.131. The predicted molar refractivity (Wildman–Crippen MR) is 70.5 cm³/mol. The summed E-state index contributed by atoms with van der Waals surface area (Å²) in [6, 6.07) is 5.34. The number of carbonyl (C=O) groups excluding carboxylic acids is 1. The van der Waals surface area contributed by atoms with Gasteiger partial charge in [-0.15, -0.1) is 0 Å². The van der Waals surface area contributed by atoms with Gasteiger partial charge < -0.3 is 10.4 Å². The number of hydrogen-bond acceptors (Lipinski definition) is 2. The lowest BCUT2D eigenvalue weighted by Gasteiger charge is -2.09. The number of carboxylic acid groups (broad SMARTS) is 1. The van der Waals surface area contributed by atoms with Crippen LogP contribution in [0.5, 0.6) is 0 Å². The standard InChI is InChI=1S/C14H17NO3/c1-9(2)15-14(18)12-7-10(3)6-11(8-12)4-5-13(16)17/h4-9H,1-3H3,(H,15,18)(H,16,17)/b5-4+. The van der Waals surface area contributed by atoms with E-state index < -0.39 is 5.97 Å². The lowest BCUT2D eigenvalue weighted by atomic mass is 10.1. The van der Waals surface area contributed by atoms with Gasteiger partial charge in [-0.1, -0.05) is 6.07 Å². The molecule has 18 heavy (non-hydrogen) atoms. The predicted octanol–water partition coefficient (Wildman–Crippen LogP) is 2.23. The summed E-state index contributed by atoms with van der Waals surface area (Å²) in [5.74, 6) is -1.16. The molecule has 1 rings (SSSR count). The first-order valence-corrected chi connectivity index (χ1v) is 5.72. The van der Waals surface area contributed by atoms with Crippen molar-refractivity contribution >= 4 is 18.0 Å². The number of rotatable bonds is 4. The van der Waals surface area contributed by atoms with Crippen molar-refractivity contribution in [2.24, 2.45) is 0 Å². The van der Waals surface area contributed by atoms with Crippen molar-refractivity contribution in [2.75, 3.05) is 0 Å². The van der Waals surface area contributed by atoms with Crippen molar-refractivity contribution in [3.8, 4) is 0 Å². The first kappa shape index (κ1) is 14.0. The van der Waals surface area contributed by atoms with Crippen molar-refractivity contribution in [3.05, 3.63) is 41.0 Å². The number of benzene rings is 1. The minimum atomic E-state index is -1.01. The van der Waals surface area contributed by atoms with E-state index >= 15 is 0 Å². The van der Waals surface area contributed by atoms with Gasteiger partial charge >= 0.3 is 5.97 Å². The van der Waals surface area contributed by atoms with Crippen molar-refractivity contribution in [1.29, 1.82) is 0 Å². The summed E-state index contributed by atoms with van der Waals surface area (Å²) in [4.78, 5) is 22.3. The summed E-state index contributed by atoms with van der Waals surface area (Å²) < 4.78 is 0. The highest BCUT2D eigenvalue weighted by Crippen LogP contribution is 2.11. The zero-order valence-electron chi connectivity index (χ0n) is 10.7. The van der Waals surface area contributed by atoms with Crippen molar-refractivity contribution in [2.45, 2.75) is 26.8 Å². The molecular weight excluding hydrogens is 230 g/mol. The summed E-state index contributed by atoms with van der Waals surface area (Å²) in [6.07, 6.45) is 2.53. The van der Waals surface area contributed by atoms with E-state index in [4.69, 9.17) is 5.11 Å². The first-order valence-electron chi connectivity index (χ1n) is 5.72. The molecule has 0 heterocycles. The van der Waals surface area contributed by atoms with Crippen LogP contribution in [0.4, 0.5) is 0 Å². The summed E-state index contributed by atoms with van der Waals surface area (Å²) in [7, 11) is 0. The molecule has 1 aromatic carbocycles. The maximum Gasteiger partial charge on any atom is 0.328 e. The Labute approximate surface area is 106 Å². The number of aliphatic carboxylic acids is 1. The molecule has 0 spiro atoms. The molecule has 0 fully saturated rings. The van der Waals surface area contributed by atoms with E-state index in [0.29, 0.717) is 11.1 Å². The summed E-state index contributed by atoms with van der Waals surface area (Å²) >= 11 is 0. The Hall–Kier alpha value is -2.10. The highest BCUT2D eigenvalue weighted by Gasteiger charge is 2.08. The molecule has 0 aliphatic heterocycles. The molecule has 4 nitrogen and oxygen atoms in total. The molecule has 0 aromatic heterocycles. The third-order valence-corrected chi connectivity index (χ3v) is 2.20. The van der Waals surface area contributed by atoms with Crippen LogP contribution in [-0.4, -0.2) is 23.0 Å². The van der Waals surface area contributed by atoms with Gasteiger partial charge in [0.05, 0.1) is 0 Å². The number of carbonyl (C=O) groups is 2. The maximum absolute atomic E-state index is 11.8. The van der Waals surface area contributed by atoms with Crippen LogP contribution in [0.15, 0.2) is 24.3 Å². The van der Waals surface area contributed by atoms with E-state index in [1.165, 1.54) is 6.08 Å². The number of aryl methyl sites for hydroxylation is 1. The van der Waals surface area contributed by atoms with E-state index in [1.54, 1.807) is 12.1 Å². The van der Waals surface area contributed by atoms with Crippen LogP contribution in [0, 0.1) is 6.92 Å². The summed E-state index contributed by atoms with van der Waals surface area (Å²) in [5.41, 5.74) is 2.15. The fourth-order valence-electron chi connectivity index (χ4n) is 1.55. The van der Waals surface area contributed by atoms with Crippen molar-refractivity contribution < 1.29 is 14.7 Å². The highest BCUT2D eigenvalue weighted by atomic mass is 16.4. The van der Waals surface area contributed by atoms with Crippen molar-refractivity contribution in [3.63, 3.8) is 0 Å². The molecular formula is C14H17NO3. The van der Waals surface area contributed by atoms with E-state index in [9.17, 15) is 9.59 Å². The van der Waals surface area contributed by atoms with Gasteiger partial charge in [0.15, 0.2) is 0 Å². The molecule has 1 amide bonds. The number of nitrogens with one attached hydrogen (secondary N) is 1. The van der Waals surface area contributed by atoms with Gasteiger partial charge in [-0.3, -0.25) is 4.79 Å². The maximum atomic E-state index is 11.8. The molecule has 0 saturated carbocycles. The molecule has 0 aliphatic carbocycles. The van der Waals surface area contributed by atoms with Crippen LogP contribution in [0.25, 0.3) is 6.08 Å². The smallest absolute Gasteiger partial charge is 0.328 e. The van der Waals surface area contributed by atoms with E-state index in [-0.39, 0.29) is 11.9 Å². The van der Waals surface area contributed by atoms with Crippen LogP contribution in [0.3, 0.4) is 0 Å². The fraction of sp³-hybridized carbons (Fsp3) is 0.286.